The Morgan fingerprint density at radius 3 is 2.53 bits per heavy atom. The first-order chi connectivity index (χ1) is 6.95. The maximum Gasteiger partial charge on any atom is 0.310 e. The Hall–Kier alpha value is -1.12. The molecule has 1 aliphatic rings. The zero-order chi connectivity index (χ0) is 11.6. The van der Waals surface area contributed by atoms with Gasteiger partial charge >= 0.3 is 5.97 Å². The fourth-order valence-electron chi connectivity index (χ4n) is 1.99. The van der Waals surface area contributed by atoms with Crippen LogP contribution in [0.4, 0.5) is 0 Å². The molecule has 0 aromatic carbocycles. The van der Waals surface area contributed by atoms with Crippen molar-refractivity contribution in [2.24, 2.45) is 17.3 Å². The molecule has 1 rings (SSSR count). The van der Waals surface area contributed by atoms with E-state index in [0.717, 1.165) is 6.29 Å². The molecule has 3 heteroatoms. The van der Waals surface area contributed by atoms with Gasteiger partial charge in [0.25, 0.3) is 0 Å². The van der Waals surface area contributed by atoms with Gasteiger partial charge in [0.05, 0.1) is 12.5 Å². The Balaban J connectivity index is 2.71. The summed E-state index contributed by atoms with van der Waals surface area (Å²) in [6.07, 6.45) is 2.69. The van der Waals surface area contributed by atoms with Gasteiger partial charge in [-0.15, -0.1) is 0 Å². The average molecular weight is 210 g/mol. The summed E-state index contributed by atoms with van der Waals surface area (Å²) in [4.78, 5) is 22.1. The zero-order valence-corrected chi connectivity index (χ0v) is 9.74. The van der Waals surface area contributed by atoms with Gasteiger partial charge in [-0.2, -0.15) is 0 Å². The molecule has 0 unspecified atom stereocenters. The SMILES string of the molecule is CCOC(=O)[C@@H]1[C@H](/C=C(\C)C=O)C1(C)C. The van der Waals surface area contributed by atoms with Crippen LogP contribution < -0.4 is 0 Å². The van der Waals surface area contributed by atoms with Crippen molar-refractivity contribution in [1.29, 1.82) is 0 Å². The average Bonchev–Trinajstić information content (AvgIpc) is 2.68. The third-order valence-corrected chi connectivity index (χ3v) is 3.08. The van der Waals surface area contributed by atoms with E-state index in [-0.39, 0.29) is 23.2 Å². The van der Waals surface area contributed by atoms with Crippen LogP contribution in [-0.4, -0.2) is 18.9 Å². The van der Waals surface area contributed by atoms with Gasteiger partial charge in [-0.25, -0.2) is 0 Å². The van der Waals surface area contributed by atoms with Crippen molar-refractivity contribution in [2.45, 2.75) is 27.7 Å². The number of hydrogen-bond donors (Lipinski definition) is 0. The van der Waals surface area contributed by atoms with E-state index in [1.54, 1.807) is 13.8 Å². The molecule has 3 nitrogen and oxygen atoms in total. The molecule has 0 amide bonds. The van der Waals surface area contributed by atoms with Crippen LogP contribution in [0.5, 0.6) is 0 Å². The van der Waals surface area contributed by atoms with Crippen molar-refractivity contribution >= 4 is 12.3 Å². The van der Waals surface area contributed by atoms with E-state index in [4.69, 9.17) is 4.74 Å². The van der Waals surface area contributed by atoms with Crippen molar-refractivity contribution in [2.75, 3.05) is 6.61 Å². The van der Waals surface area contributed by atoms with Crippen LogP contribution in [-0.2, 0) is 14.3 Å². The van der Waals surface area contributed by atoms with E-state index in [2.05, 4.69) is 0 Å². The summed E-state index contributed by atoms with van der Waals surface area (Å²) in [6, 6.07) is 0. The predicted octanol–water partition coefficient (Wildman–Crippen LogP) is 1.97. The number of hydrogen-bond acceptors (Lipinski definition) is 3. The second-order valence-corrected chi connectivity index (χ2v) is 4.61. The Kier molecular flexibility index (Phi) is 3.32. The number of aldehydes is 1. The molecule has 0 aromatic heterocycles. The Morgan fingerprint density at radius 2 is 2.07 bits per heavy atom. The maximum absolute atomic E-state index is 11.6. The first-order valence-electron chi connectivity index (χ1n) is 5.25. The molecule has 1 aliphatic carbocycles. The van der Waals surface area contributed by atoms with Crippen molar-refractivity contribution < 1.29 is 14.3 Å². The third kappa shape index (κ3) is 2.28. The molecule has 0 N–H and O–H groups in total. The Morgan fingerprint density at radius 1 is 1.47 bits per heavy atom. The minimum atomic E-state index is -0.151. The topological polar surface area (TPSA) is 43.4 Å². The van der Waals surface area contributed by atoms with Crippen molar-refractivity contribution in [3.63, 3.8) is 0 Å². The summed E-state index contributed by atoms with van der Waals surface area (Å²) in [5, 5.41) is 0. The summed E-state index contributed by atoms with van der Waals surface area (Å²) in [5.74, 6) is -0.100. The Labute approximate surface area is 90.5 Å². The van der Waals surface area contributed by atoms with Crippen LogP contribution in [0.3, 0.4) is 0 Å². The van der Waals surface area contributed by atoms with Gasteiger partial charge < -0.3 is 4.74 Å². The number of carbonyl (C=O) groups excluding carboxylic acids is 2. The molecular formula is C12H18O3. The van der Waals surface area contributed by atoms with E-state index >= 15 is 0 Å². The lowest BCUT2D eigenvalue weighted by atomic mass is 10.1. The summed E-state index contributed by atoms with van der Waals surface area (Å²) in [6.45, 7) is 8.01. The van der Waals surface area contributed by atoms with E-state index in [0.29, 0.717) is 12.2 Å². The van der Waals surface area contributed by atoms with Crippen LogP contribution in [0, 0.1) is 17.3 Å². The quantitative estimate of drug-likeness (QED) is 0.405. The van der Waals surface area contributed by atoms with Gasteiger partial charge in [0.15, 0.2) is 0 Å². The van der Waals surface area contributed by atoms with Crippen molar-refractivity contribution in [1.82, 2.24) is 0 Å². The monoisotopic (exact) mass is 210 g/mol. The number of allylic oxidation sites excluding steroid dienone is 2. The fourth-order valence-corrected chi connectivity index (χ4v) is 1.99. The van der Waals surface area contributed by atoms with Gasteiger partial charge in [0, 0.05) is 0 Å². The first-order valence-corrected chi connectivity index (χ1v) is 5.25. The fraction of sp³-hybridized carbons (Fsp3) is 0.667. The van der Waals surface area contributed by atoms with Crippen molar-refractivity contribution in [3.8, 4) is 0 Å². The lowest BCUT2D eigenvalue weighted by Gasteiger charge is -2.01. The summed E-state index contributed by atoms with van der Waals surface area (Å²) in [7, 11) is 0. The molecular weight excluding hydrogens is 192 g/mol. The number of ether oxygens (including phenoxy) is 1. The normalized spacial score (nSPS) is 28.4. The molecule has 1 saturated carbocycles. The van der Waals surface area contributed by atoms with Crippen LogP contribution in [0.15, 0.2) is 11.6 Å². The predicted molar refractivity (Wildman–Crippen MR) is 57.2 cm³/mol. The number of esters is 1. The smallest absolute Gasteiger partial charge is 0.310 e. The third-order valence-electron chi connectivity index (χ3n) is 3.08. The molecule has 84 valence electrons. The second-order valence-electron chi connectivity index (χ2n) is 4.61. The molecule has 0 aromatic rings. The molecule has 0 saturated heterocycles. The number of carbonyl (C=O) groups is 2. The summed E-state index contributed by atoms with van der Waals surface area (Å²) < 4.78 is 4.99. The van der Waals surface area contributed by atoms with Crippen molar-refractivity contribution in [3.05, 3.63) is 11.6 Å². The highest BCUT2D eigenvalue weighted by molar-refractivity contribution is 5.79. The van der Waals surface area contributed by atoms with Gasteiger partial charge in [-0.05, 0) is 30.8 Å². The van der Waals surface area contributed by atoms with Gasteiger partial charge in [-0.1, -0.05) is 19.9 Å². The van der Waals surface area contributed by atoms with Crippen LogP contribution in [0.25, 0.3) is 0 Å². The Bertz CT molecular complexity index is 302. The highest BCUT2D eigenvalue weighted by Crippen LogP contribution is 2.59. The highest BCUT2D eigenvalue weighted by atomic mass is 16.5. The molecule has 0 spiro atoms. The van der Waals surface area contributed by atoms with Gasteiger partial charge in [0.1, 0.15) is 6.29 Å². The molecule has 1 fully saturated rings. The largest absolute Gasteiger partial charge is 0.466 e. The number of rotatable bonds is 4. The molecule has 0 heterocycles. The standard InChI is InChI=1S/C12H18O3/c1-5-15-11(14)10-9(12(10,3)4)6-8(2)7-13/h6-7,9-10H,5H2,1-4H3/b8-6+/t9-,10-/m0/s1. The molecule has 15 heavy (non-hydrogen) atoms. The van der Waals surface area contributed by atoms with Crippen LogP contribution >= 0.6 is 0 Å². The van der Waals surface area contributed by atoms with E-state index in [9.17, 15) is 9.59 Å². The molecule has 0 radical (unpaired) electrons. The van der Waals surface area contributed by atoms with Gasteiger partial charge in [-0.3, -0.25) is 9.59 Å². The second kappa shape index (κ2) is 4.17. The highest BCUT2D eigenvalue weighted by Gasteiger charge is 2.61. The lowest BCUT2D eigenvalue weighted by molar-refractivity contribution is -0.145. The maximum atomic E-state index is 11.6. The molecule has 2 atom stereocenters. The van der Waals surface area contributed by atoms with Gasteiger partial charge in [0.2, 0.25) is 0 Å². The van der Waals surface area contributed by atoms with E-state index in [1.807, 2.05) is 19.9 Å². The van der Waals surface area contributed by atoms with E-state index < -0.39 is 0 Å². The summed E-state index contributed by atoms with van der Waals surface area (Å²) in [5.41, 5.74) is 0.608. The molecule has 0 bridgehead atoms. The van der Waals surface area contributed by atoms with Crippen LogP contribution in [0.2, 0.25) is 0 Å². The minimum absolute atomic E-state index is 0.0729. The first kappa shape index (κ1) is 12.0. The van der Waals surface area contributed by atoms with Crippen LogP contribution in [0.1, 0.15) is 27.7 Å². The van der Waals surface area contributed by atoms with E-state index in [1.165, 1.54) is 0 Å². The lowest BCUT2D eigenvalue weighted by Crippen LogP contribution is -2.10. The molecule has 0 aliphatic heterocycles. The minimum Gasteiger partial charge on any atom is -0.466 e. The zero-order valence-electron chi connectivity index (χ0n) is 9.74. The summed E-state index contributed by atoms with van der Waals surface area (Å²) >= 11 is 0.